The first-order valence-corrected chi connectivity index (χ1v) is 5.25. The highest BCUT2D eigenvalue weighted by Crippen LogP contribution is 2.36. The smallest absolute Gasteiger partial charge is 0.418 e. The Kier molecular flexibility index (Phi) is 4.79. The number of halogens is 5. The maximum absolute atomic E-state index is 12.6. The van der Waals surface area contributed by atoms with E-state index in [4.69, 9.17) is 0 Å². The van der Waals surface area contributed by atoms with Crippen molar-refractivity contribution in [1.29, 1.82) is 0 Å². The van der Waals surface area contributed by atoms with Crippen molar-refractivity contribution in [2.45, 2.75) is 25.9 Å². The molecule has 0 atom stereocenters. The van der Waals surface area contributed by atoms with Crippen molar-refractivity contribution in [2.24, 2.45) is 0 Å². The monoisotopic (exact) mass is 283 g/mol. The zero-order valence-electron chi connectivity index (χ0n) is 9.80. The molecule has 0 spiro atoms. The van der Waals surface area contributed by atoms with Gasteiger partial charge in [-0.05, 0) is 13.0 Å². The third-order valence-corrected chi connectivity index (χ3v) is 2.16. The van der Waals surface area contributed by atoms with Gasteiger partial charge in [0.25, 0.3) is 6.43 Å². The van der Waals surface area contributed by atoms with E-state index in [1.54, 1.807) is 6.92 Å². The number of carbonyl (C=O) groups is 1. The van der Waals surface area contributed by atoms with E-state index in [0.29, 0.717) is 12.3 Å². The van der Waals surface area contributed by atoms with Crippen LogP contribution in [0, 0.1) is 0 Å². The Morgan fingerprint density at radius 2 is 2.05 bits per heavy atom. The van der Waals surface area contributed by atoms with Gasteiger partial charge in [-0.3, -0.25) is 9.78 Å². The Morgan fingerprint density at radius 3 is 2.53 bits per heavy atom. The maximum atomic E-state index is 12.6. The van der Waals surface area contributed by atoms with Crippen LogP contribution in [0.1, 0.15) is 30.2 Å². The number of hydrogen-bond donors (Lipinski definition) is 0. The topological polar surface area (TPSA) is 39.2 Å². The molecular formula is C11H10F5NO2. The molecule has 0 aliphatic rings. The van der Waals surface area contributed by atoms with Crippen molar-refractivity contribution in [3.8, 4) is 0 Å². The van der Waals surface area contributed by atoms with Crippen molar-refractivity contribution in [1.82, 2.24) is 4.98 Å². The number of esters is 1. The standard InChI is InChI=1S/C11H10F5NO2/c1-2-19-9(18)4-6-3-7(10(12)13)8(5-17-6)11(14,15)16/h3,5,10H,2,4H2,1H3. The average molecular weight is 283 g/mol. The minimum atomic E-state index is -4.92. The highest BCUT2D eigenvalue weighted by Gasteiger charge is 2.36. The molecule has 106 valence electrons. The van der Waals surface area contributed by atoms with Crippen LogP contribution in [0.5, 0.6) is 0 Å². The summed E-state index contributed by atoms with van der Waals surface area (Å²) in [5.74, 6) is -0.741. The first-order chi connectivity index (χ1) is 8.75. The zero-order valence-corrected chi connectivity index (χ0v) is 9.80. The van der Waals surface area contributed by atoms with E-state index in [9.17, 15) is 26.7 Å². The number of hydrogen-bond acceptors (Lipinski definition) is 3. The fourth-order valence-electron chi connectivity index (χ4n) is 1.39. The Hall–Kier alpha value is -1.73. The molecule has 0 unspecified atom stereocenters. The molecule has 0 aliphatic carbocycles. The fraction of sp³-hybridized carbons (Fsp3) is 0.455. The molecule has 1 aromatic rings. The first-order valence-electron chi connectivity index (χ1n) is 5.25. The fourth-order valence-corrected chi connectivity index (χ4v) is 1.39. The third-order valence-electron chi connectivity index (χ3n) is 2.16. The number of ether oxygens (including phenoxy) is 1. The molecule has 0 bridgehead atoms. The highest BCUT2D eigenvalue weighted by atomic mass is 19.4. The van der Waals surface area contributed by atoms with Crippen LogP contribution < -0.4 is 0 Å². The Balaban J connectivity index is 3.07. The minimum Gasteiger partial charge on any atom is -0.466 e. The molecule has 1 rings (SSSR count). The van der Waals surface area contributed by atoms with E-state index in [1.807, 2.05) is 0 Å². The van der Waals surface area contributed by atoms with Gasteiger partial charge in [-0.25, -0.2) is 8.78 Å². The summed E-state index contributed by atoms with van der Waals surface area (Å²) in [5.41, 5.74) is -2.89. The minimum absolute atomic E-state index is 0.0845. The summed E-state index contributed by atoms with van der Waals surface area (Å²) < 4.78 is 67.1. The Bertz CT molecular complexity index is 459. The van der Waals surface area contributed by atoms with Crippen LogP contribution in [0.15, 0.2) is 12.3 Å². The first kappa shape index (κ1) is 15.3. The van der Waals surface area contributed by atoms with Gasteiger partial charge in [0, 0.05) is 11.8 Å². The van der Waals surface area contributed by atoms with Gasteiger partial charge in [0.1, 0.15) is 0 Å². The molecule has 1 heterocycles. The second kappa shape index (κ2) is 5.94. The number of aromatic nitrogens is 1. The molecule has 8 heteroatoms. The van der Waals surface area contributed by atoms with E-state index in [0.717, 1.165) is 0 Å². The van der Waals surface area contributed by atoms with Crippen molar-refractivity contribution in [2.75, 3.05) is 6.61 Å². The number of carbonyl (C=O) groups excluding carboxylic acids is 1. The van der Waals surface area contributed by atoms with Crippen LogP contribution in [-0.4, -0.2) is 17.6 Å². The van der Waals surface area contributed by atoms with Gasteiger partial charge in [0.2, 0.25) is 0 Å². The number of rotatable bonds is 4. The van der Waals surface area contributed by atoms with Crippen molar-refractivity contribution >= 4 is 5.97 Å². The molecule has 19 heavy (non-hydrogen) atoms. The summed E-state index contributed by atoms with van der Waals surface area (Å²) in [6, 6.07) is 0.574. The average Bonchev–Trinajstić information content (AvgIpc) is 2.27. The molecular weight excluding hydrogens is 273 g/mol. The van der Waals surface area contributed by atoms with Crippen LogP contribution in [-0.2, 0) is 22.1 Å². The second-order valence-electron chi connectivity index (χ2n) is 3.54. The van der Waals surface area contributed by atoms with Gasteiger partial charge in [0.05, 0.1) is 24.3 Å². The van der Waals surface area contributed by atoms with Gasteiger partial charge in [-0.2, -0.15) is 13.2 Å². The van der Waals surface area contributed by atoms with Crippen LogP contribution in [0.4, 0.5) is 22.0 Å². The van der Waals surface area contributed by atoms with Crippen LogP contribution in [0.2, 0.25) is 0 Å². The summed E-state index contributed by atoms with van der Waals surface area (Å²) in [5, 5.41) is 0. The summed E-state index contributed by atoms with van der Waals surface area (Å²) >= 11 is 0. The zero-order chi connectivity index (χ0) is 14.6. The highest BCUT2D eigenvalue weighted by molar-refractivity contribution is 5.72. The molecule has 0 radical (unpaired) electrons. The van der Waals surface area contributed by atoms with E-state index in [2.05, 4.69) is 9.72 Å². The van der Waals surface area contributed by atoms with Gasteiger partial charge < -0.3 is 4.74 Å². The summed E-state index contributed by atoms with van der Waals surface area (Å²) in [6.45, 7) is 1.63. The van der Waals surface area contributed by atoms with E-state index >= 15 is 0 Å². The molecule has 0 saturated heterocycles. The molecule has 0 aromatic carbocycles. The largest absolute Gasteiger partial charge is 0.466 e. The number of pyridine rings is 1. The lowest BCUT2D eigenvalue weighted by Gasteiger charge is -2.12. The summed E-state index contributed by atoms with van der Waals surface area (Å²) in [4.78, 5) is 14.5. The number of nitrogens with zero attached hydrogens (tertiary/aromatic N) is 1. The molecule has 0 saturated carbocycles. The number of alkyl halides is 5. The molecule has 0 N–H and O–H groups in total. The summed E-state index contributed by atoms with van der Waals surface area (Å²) in [6.07, 6.45) is -8.37. The predicted molar refractivity (Wildman–Crippen MR) is 54.5 cm³/mol. The molecule has 0 fully saturated rings. The summed E-state index contributed by atoms with van der Waals surface area (Å²) in [7, 11) is 0. The van der Waals surface area contributed by atoms with Gasteiger partial charge >= 0.3 is 12.1 Å². The normalized spacial score (nSPS) is 11.7. The van der Waals surface area contributed by atoms with Gasteiger partial charge in [0.15, 0.2) is 0 Å². The molecule has 0 aliphatic heterocycles. The van der Waals surface area contributed by atoms with Gasteiger partial charge in [-0.15, -0.1) is 0 Å². The van der Waals surface area contributed by atoms with Crippen LogP contribution >= 0.6 is 0 Å². The lowest BCUT2D eigenvalue weighted by molar-refractivity contribution is -0.142. The van der Waals surface area contributed by atoms with Crippen LogP contribution in [0.3, 0.4) is 0 Å². The van der Waals surface area contributed by atoms with Crippen molar-refractivity contribution in [3.05, 3.63) is 29.1 Å². The SMILES string of the molecule is CCOC(=O)Cc1cc(C(F)F)c(C(F)(F)F)cn1. The predicted octanol–water partition coefficient (Wildman–Crippen LogP) is 3.14. The molecule has 1 aromatic heterocycles. The van der Waals surface area contributed by atoms with Gasteiger partial charge in [-0.1, -0.05) is 0 Å². The third kappa shape index (κ3) is 4.15. The molecule has 3 nitrogen and oxygen atoms in total. The van der Waals surface area contributed by atoms with E-state index < -0.39 is 36.1 Å². The van der Waals surface area contributed by atoms with Crippen molar-refractivity contribution < 1.29 is 31.5 Å². The molecule has 0 amide bonds. The Labute approximate surface area is 105 Å². The lowest BCUT2D eigenvalue weighted by atomic mass is 10.1. The maximum Gasteiger partial charge on any atom is 0.418 e. The van der Waals surface area contributed by atoms with Crippen molar-refractivity contribution in [3.63, 3.8) is 0 Å². The van der Waals surface area contributed by atoms with E-state index in [-0.39, 0.29) is 12.3 Å². The lowest BCUT2D eigenvalue weighted by Crippen LogP contribution is -2.13. The Morgan fingerprint density at radius 1 is 1.42 bits per heavy atom. The van der Waals surface area contributed by atoms with Crippen LogP contribution in [0.25, 0.3) is 0 Å². The van der Waals surface area contributed by atoms with E-state index in [1.165, 1.54) is 0 Å². The second-order valence-corrected chi connectivity index (χ2v) is 3.54. The quantitative estimate of drug-likeness (QED) is 0.629.